The van der Waals surface area contributed by atoms with E-state index in [1.165, 1.54) is 36.0 Å². The molecular formula is C40H66O3Si2. The smallest absolute Gasteiger partial charge is 0.192 e. The van der Waals surface area contributed by atoms with Gasteiger partial charge in [0.05, 0.1) is 6.10 Å². The van der Waals surface area contributed by atoms with E-state index in [-0.39, 0.29) is 16.2 Å². The maximum Gasteiger partial charge on any atom is 0.192 e. The lowest BCUT2D eigenvalue weighted by atomic mass is 9.83. The third kappa shape index (κ3) is 10.9. The fourth-order valence-electron chi connectivity index (χ4n) is 6.10. The Balaban J connectivity index is 1.83. The molecule has 0 amide bonds. The second-order valence-electron chi connectivity index (χ2n) is 16.7. The Morgan fingerprint density at radius 1 is 0.822 bits per heavy atom. The topological polar surface area (TPSA) is 27.7 Å². The van der Waals surface area contributed by atoms with E-state index in [9.17, 15) is 0 Å². The fourth-order valence-corrected chi connectivity index (χ4v) is 8.89. The van der Waals surface area contributed by atoms with Crippen LogP contribution < -0.4 is 4.74 Å². The third-order valence-corrected chi connectivity index (χ3v) is 20.1. The molecule has 252 valence electrons. The highest BCUT2D eigenvalue weighted by Gasteiger charge is 2.46. The average Bonchev–Trinajstić information content (AvgIpc) is 3.22. The minimum atomic E-state index is -1.95. The quantitative estimate of drug-likeness (QED) is 0.103. The van der Waals surface area contributed by atoms with Crippen LogP contribution in [-0.2, 0) is 21.9 Å². The van der Waals surface area contributed by atoms with Crippen LogP contribution in [0.3, 0.4) is 0 Å². The van der Waals surface area contributed by atoms with Gasteiger partial charge >= 0.3 is 0 Å². The Bertz CT molecular complexity index is 1190. The number of rotatable bonds is 16. The standard InChI is InChI=1S/C40H66O3Si2/c1-13-14-16-23-34(42-44(9,10)39(3,4)5)25-26-36-37(31(2)27-38(36)43-45(11,12)40(6,7)8)29-33-22-19-24-35(28-33)41-30-32-20-17-15-18-21-32/h15,17-22,24,28,34,36-38H,2,13-14,16,23,25-27,29-30H2,1,3-12H3/t34-,36+,37-,38?/m0/s1. The van der Waals surface area contributed by atoms with Crippen LogP contribution in [0, 0.1) is 11.8 Å². The zero-order valence-corrected chi connectivity index (χ0v) is 32.8. The van der Waals surface area contributed by atoms with Crippen LogP contribution in [0.15, 0.2) is 66.7 Å². The highest BCUT2D eigenvalue weighted by molar-refractivity contribution is 6.74. The number of hydrogen-bond acceptors (Lipinski definition) is 3. The van der Waals surface area contributed by atoms with Crippen LogP contribution in [0.1, 0.15) is 105 Å². The van der Waals surface area contributed by atoms with Crippen molar-refractivity contribution >= 4 is 16.6 Å². The van der Waals surface area contributed by atoms with Crippen LogP contribution in [-0.4, -0.2) is 28.8 Å². The second-order valence-corrected chi connectivity index (χ2v) is 26.3. The number of hydrogen-bond donors (Lipinski definition) is 0. The van der Waals surface area contributed by atoms with Gasteiger partial charge in [-0.15, -0.1) is 0 Å². The summed E-state index contributed by atoms with van der Waals surface area (Å²) in [7, 11) is -3.82. The van der Waals surface area contributed by atoms with Crippen molar-refractivity contribution in [3.05, 3.63) is 77.9 Å². The predicted molar refractivity (Wildman–Crippen MR) is 199 cm³/mol. The Morgan fingerprint density at radius 2 is 1.47 bits per heavy atom. The van der Waals surface area contributed by atoms with Crippen molar-refractivity contribution in [1.82, 2.24) is 0 Å². The van der Waals surface area contributed by atoms with Gasteiger partial charge in [-0.05, 0) is 103 Å². The summed E-state index contributed by atoms with van der Waals surface area (Å²) in [6.07, 6.45) is 9.64. The summed E-state index contributed by atoms with van der Waals surface area (Å²) in [5.74, 6) is 1.77. The van der Waals surface area contributed by atoms with E-state index in [1.54, 1.807) is 0 Å². The first-order valence-corrected chi connectivity index (χ1v) is 23.5. The molecule has 2 aromatic rings. The van der Waals surface area contributed by atoms with E-state index in [2.05, 4.69) is 130 Å². The van der Waals surface area contributed by atoms with E-state index >= 15 is 0 Å². The van der Waals surface area contributed by atoms with Gasteiger partial charge in [0, 0.05) is 6.10 Å². The molecule has 1 aliphatic carbocycles. The fraction of sp³-hybridized carbons (Fsp3) is 0.650. The molecule has 1 fully saturated rings. The second kappa shape index (κ2) is 16.0. The molecule has 3 nitrogen and oxygen atoms in total. The summed E-state index contributed by atoms with van der Waals surface area (Å²) in [6.45, 7) is 31.3. The number of unbranched alkanes of at least 4 members (excludes halogenated alkanes) is 2. The molecule has 0 radical (unpaired) electrons. The number of benzene rings is 2. The summed E-state index contributed by atoms with van der Waals surface area (Å²) in [6, 6.07) is 19.1. The van der Waals surface area contributed by atoms with E-state index in [4.69, 9.17) is 13.6 Å². The normalized spacial score (nSPS) is 20.4. The Kier molecular flexibility index (Phi) is 13.4. The van der Waals surface area contributed by atoms with Gasteiger partial charge < -0.3 is 13.6 Å². The molecule has 5 heteroatoms. The molecule has 0 aliphatic heterocycles. The van der Waals surface area contributed by atoms with Gasteiger partial charge in [-0.1, -0.05) is 122 Å². The SMILES string of the molecule is C=C1CC(O[Si](C)(C)C(C)(C)C)[C@H](CC[C@H](CCCCC)O[Si](C)(C)C(C)(C)C)[C@H]1Cc1cccc(OCc2ccccc2)c1. The molecule has 0 saturated heterocycles. The zero-order valence-electron chi connectivity index (χ0n) is 30.8. The van der Waals surface area contributed by atoms with Gasteiger partial charge in [0.25, 0.3) is 0 Å². The van der Waals surface area contributed by atoms with Crippen molar-refractivity contribution in [2.24, 2.45) is 11.8 Å². The van der Waals surface area contributed by atoms with Gasteiger partial charge in [-0.2, -0.15) is 0 Å². The molecule has 1 aliphatic rings. The molecule has 1 saturated carbocycles. The van der Waals surface area contributed by atoms with Crippen LogP contribution in [0.2, 0.25) is 36.3 Å². The summed E-state index contributed by atoms with van der Waals surface area (Å²) in [4.78, 5) is 0. The van der Waals surface area contributed by atoms with Crippen molar-refractivity contribution in [3.8, 4) is 5.75 Å². The van der Waals surface area contributed by atoms with Gasteiger partial charge in [0.1, 0.15) is 12.4 Å². The molecular weight excluding hydrogens is 585 g/mol. The first-order valence-electron chi connectivity index (χ1n) is 17.7. The van der Waals surface area contributed by atoms with E-state index < -0.39 is 16.6 Å². The van der Waals surface area contributed by atoms with E-state index in [1.807, 2.05) is 6.07 Å². The monoisotopic (exact) mass is 650 g/mol. The van der Waals surface area contributed by atoms with Gasteiger partial charge in [0.15, 0.2) is 16.6 Å². The minimum absolute atomic E-state index is 0.176. The van der Waals surface area contributed by atoms with Crippen LogP contribution in [0.25, 0.3) is 0 Å². The summed E-state index contributed by atoms with van der Waals surface area (Å²) in [5, 5.41) is 0.386. The van der Waals surface area contributed by atoms with E-state index in [0.717, 1.165) is 37.9 Å². The average molecular weight is 651 g/mol. The maximum absolute atomic E-state index is 7.23. The number of ether oxygens (including phenoxy) is 1. The van der Waals surface area contributed by atoms with Crippen molar-refractivity contribution in [2.75, 3.05) is 0 Å². The lowest BCUT2D eigenvalue weighted by Crippen LogP contribution is -2.46. The Morgan fingerprint density at radius 3 is 2.09 bits per heavy atom. The molecule has 0 aromatic heterocycles. The third-order valence-electron chi connectivity index (χ3n) is 11.1. The first kappa shape index (κ1) is 37.8. The summed E-state index contributed by atoms with van der Waals surface area (Å²) < 4.78 is 20.6. The minimum Gasteiger partial charge on any atom is -0.489 e. The lowest BCUT2D eigenvalue weighted by Gasteiger charge is -2.41. The summed E-state index contributed by atoms with van der Waals surface area (Å²) >= 11 is 0. The molecule has 2 aromatic carbocycles. The molecule has 0 heterocycles. The Hall–Kier alpha value is -1.67. The first-order chi connectivity index (χ1) is 20.9. The predicted octanol–water partition coefficient (Wildman–Crippen LogP) is 12.1. The van der Waals surface area contributed by atoms with Crippen LogP contribution in [0.5, 0.6) is 5.75 Å². The lowest BCUT2D eigenvalue weighted by molar-refractivity contribution is 0.0965. The van der Waals surface area contributed by atoms with Crippen LogP contribution >= 0.6 is 0 Å². The van der Waals surface area contributed by atoms with Crippen molar-refractivity contribution in [3.63, 3.8) is 0 Å². The molecule has 45 heavy (non-hydrogen) atoms. The van der Waals surface area contributed by atoms with Gasteiger partial charge in [-0.25, -0.2) is 0 Å². The Labute approximate surface area is 279 Å². The molecule has 0 spiro atoms. The highest BCUT2D eigenvalue weighted by atomic mass is 28.4. The maximum atomic E-state index is 7.23. The molecule has 0 N–H and O–H groups in total. The van der Waals surface area contributed by atoms with Gasteiger partial charge in [0.2, 0.25) is 0 Å². The zero-order chi connectivity index (χ0) is 33.5. The molecule has 1 unspecified atom stereocenters. The van der Waals surface area contributed by atoms with Gasteiger partial charge in [-0.3, -0.25) is 0 Å². The van der Waals surface area contributed by atoms with Crippen molar-refractivity contribution in [2.45, 2.75) is 155 Å². The van der Waals surface area contributed by atoms with Crippen molar-refractivity contribution < 1.29 is 13.6 Å². The van der Waals surface area contributed by atoms with E-state index in [0.29, 0.717) is 24.5 Å². The molecule has 4 atom stereocenters. The van der Waals surface area contributed by atoms with Crippen LogP contribution in [0.4, 0.5) is 0 Å². The molecule has 0 bridgehead atoms. The van der Waals surface area contributed by atoms with Crippen molar-refractivity contribution in [1.29, 1.82) is 0 Å². The molecule has 3 rings (SSSR count). The largest absolute Gasteiger partial charge is 0.489 e. The summed E-state index contributed by atoms with van der Waals surface area (Å²) in [5.41, 5.74) is 3.86. The highest BCUT2D eigenvalue weighted by Crippen LogP contribution is 2.47.